The van der Waals surface area contributed by atoms with Crippen LogP contribution in [-0.4, -0.2) is 32.6 Å². The number of aliphatic hydroxyl groups is 1. The van der Waals surface area contributed by atoms with Gasteiger partial charge in [0.2, 0.25) is 0 Å². The number of aromatic nitrogens is 3. The first kappa shape index (κ1) is 14.3. The van der Waals surface area contributed by atoms with Crippen molar-refractivity contribution in [2.45, 2.75) is 19.5 Å². The second kappa shape index (κ2) is 5.87. The molecule has 1 N–H and O–H groups in total. The first-order chi connectivity index (χ1) is 9.48. The summed E-state index contributed by atoms with van der Waals surface area (Å²) in [6, 6.07) is 5.05. The molecule has 0 saturated carbocycles. The number of pyridine rings is 1. The normalized spacial score (nSPS) is 11.4. The topological polar surface area (TPSA) is 68.1 Å². The Balaban J connectivity index is 2.11. The van der Waals surface area contributed by atoms with Crippen LogP contribution in [0.1, 0.15) is 12.6 Å². The van der Waals surface area contributed by atoms with E-state index in [1.54, 1.807) is 18.2 Å². The van der Waals surface area contributed by atoms with E-state index in [-0.39, 0.29) is 12.6 Å². The lowest BCUT2D eigenvalue weighted by molar-refractivity contribution is -0.0256. The van der Waals surface area contributed by atoms with Crippen LogP contribution in [-0.2, 0) is 6.61 Å². The van der Waals surface area contributed by atoms with Gasteiger partial charge in [0.15, 0.2) is 6.61 Å². The van der Waals surface area contributed by atoms with Crippen LogP contribution in [0.2, 0.25) is 0 Å². The van der Waals surface area contributed by atoms with Crippen molar-refractivity contribution in [3.8, 4) is 17.3 Å². The minimum absolute atomic E-state index is 0.117. The molecule has 106 valence electrons. The monoisotopic (exact) mass is 281 g/mol. The zero-order valence-corrected chi connectivity index (χ0v) is 10.8. The number of alkyl halides is 2. The first-order valence-corrected chi connectivity index (χ1v) is 5.88. The van der Waals surface area contributed by atoms with Crippen LogP contribution in [0.5, 0.6) is 6.01 Å². The average molecular weight is 281 g/mol. The van der Waals surface area contributed by atoms with E-state index in [2.05, 4.69) is 15.0 Å². The van der Waals surface area contributed by atoms with Gasteiger partial charge in [0.05, 0.1) is 18.0 Å². The Hall–Kier alpha value is -2.15. The summed E-state index contributed by atoms with van der Waals surface area (Å²) in [5.74, 6) is -2.93. The van der Waals surface area contributed by atoms with E-state index in [0.717, 1.165) is 6.92 Å². The van der Waals surface area contributed by atoms with Crippen LogP contribution in [0.3, 0.4) is 0 Å². The molecule has 2 aromatic heterocycles. The van der Waals surface area contributed by atoms with E-state index >= 15 is 0 Å². The molecule has 7 heteroatoms. The van der Waals surface area contributed by atoms with Gasteiger partial charge in [0.25, 0.3) is 5.92 Å². The van der Waals surface area contributed by atoms with Crippen molar-refractivity contribution >= 4 is 0 Å². The lowest BCUT2D eigenvalue weighted by atomic mass is 10.2. The molecule has 0 atom stereocenters. The predicted octanol–water partition coefficient (Wildman–Crippen LogP) is 2.06. The second-order valence-corrected chi connectivity index (χ2v) is 4.29. The number of rotatable bonds is 5. The molecule has 2 heterocycles. The van der Waals surface area contributed by atoms with Gasteiger partial charge in [0, 0.05) is 24.9 Å². The largest absolute Gasteiger partial charge is 0.457 e. The number of hydrogen-bond acceptors (Lipinski definition) is 5. The summed E-state index contributed by atoms with van der Waals surface area (Å²) in [4.78, 5) is 11.9. The van der Waals surface area contributed by atoms with Crippen molar-refractivity contribution in [2.24, 2.45) is 0 Å². The maximum absolute atomic E-state index is 12.6. The van der Waals surface area contributed by atoms with Crippen LogP contribution in [0.15, 0.2) is 30.6 Å². The van der Waals surface area contributed by atoms with Crippen molar-refractivity contribution < 1.29 is 18.6 Å². The van der Waals surface area contributed by atoms with Gasteiger partial charge in [-0.05, 0) is 12.1 Å². The van der Waals surface area contributed by atoms with Crippen LogP contribution in [0.4, 0.5) is 8.78 Å². The van der Waals surface area contributed by atoms with Gasteiger partial charge in [0.1, 0.15) is 0 Å². The number of aliphatic hydroxyl groups excluding tert-OH is 1. The second-order valence-electron chi connectivity index (χ2n) is 4.29. The van der Waals surface area contributed by atoms with Crippen LogP contribution in [0.25, 0.3) is 11.3 Å². The Morgan fingerprint density at radius 3 is 2.55 bits per heavy atom. The Morgan fingerprint density at radius 2 is 1.95 bits per heavy atom. The molecule has 2 aromatic rings. The minimum Gasteiger partial charge on any atom is -0.457 e. The molecule has 0 unspecified atom stereocenters. The highest BCUT2D eigenvalue weighted by Crippen LogP contribution is 2.18. The zero-order valence-electron chi connectivity index (χ0n) is 10.8. The Kier molecular flexibility index (Phi) is 4.19. The first-order valence-electron chi connectivity index (χ1n) is 5.88. The quantitative estimate of drug-likeness (QED) is 0.908. The summed E-state index contributed by atoms with van der Waals surface area (Å²) < 4.78 is 30.0. The van der Waals surface area contributed by atoms with E-state index < -0.39 is 12.5 Å². The molecule has 0 aromatic carbocycles. The van der Waals surface area contributed by atoms with Crippen molar-refractivity contribution in [3.05, 3.63) is 36.3 Å². The highest BCUT2D eigenvalue weighted by Gasteiger charge is 2.22. The summed E-state index contributed by atoms with van der Waals surface area (Å²) >= 11 is 0. The third-order valence-electron chi connectivity index (χ3n) is 2.35. The Morgan fingerprint density at radius 1 is 1.25 bits per heavy atom. The molecular formula is C13H13F2N3O2. The van der Waals surface area contributed by atoms with Gasteiger partial charge < -0.3 is 9.84 Å². The third kappa shape index (κ3) is 3.92. The summed E-state index contributed by atoms with van der Waals surface area (Å²) in [7, 11) is 0. The molecule has 0 fully saturated rings. The van der Waals surface area contributed by atoms with Gasteiger partial charge in [-0.2, -0.15) is 0 Å². The van der Waals surface area contributed by atoms with E-state index in [0.29, 0.717) is 17.0 Å². The summed E-state index contributed by atoms with van der Waals surface area (Å²) in [6.07, 6.45) is 2.86. The molecule has 0 radical (unpaired) electrons. The van der Waals surface area contributed by atoms with Crippen LogP contribution >= 0.6 is 0 Å². The van der Waals surface area contributed by atoms with E-state index in [1.807, 2.05) is 0 Å². The predicted molar refractivity (Wildman–Crippen MR) is 67.3 cm³/mol. The fourth-order valence-electron chi connectivity index (χ4n) is 1.44. The highest BCUT2D eigenvalue weighted by molar-refractivity contribution is 5.56. The molecular weight excluding hydrogens is 268 g/mol. The molecule has 0 aliphatic rings. The molecule has 0 saturated heterocycles. The number of hydrogen-bond donors (Lipinski definition) is 1. The standard InChI is InChI=1S/C13H13F2N3O2/c1-13(14,15)8-20-12-16-5-9(6-17-12)11-4-2-3-10(7-19)18-11/h2-6,19H,7-8H2,1H3. The molecule has 20 heavy (non-hydrogen) atoms. The fraction of sp³-hybridized carbons (Fsp3) is 0.308. The smallest absolute Gasteiger partial charge is 0.316 e. The Labute approximate surface area is 114 Å². The molecule has 0 aliphatic heterocycles. The van der Waals surface area contributed by atoms with Crippen molar-refractivity contribution in [2.75, 3.05) is 6.61 Å². The average Bonchev–Trinajstić information content (AvgIpc) is 2.45. The summed E-state index contributed by atoms with van der Waals surface area (Å²) in [5, 5.41) is 9.01. The van der Waals surface area contributed by atoms with Crippen LogP contribution in [0, 0.1) is 0 Å². The molecule has 0 bridgehead atoms. The maximum Gasteiger partial charge on any atom is 0.316 e. The number of ether oxygens (including phenoxy) is 1. The van der Waals surface area contributed by atoms with Gasteiger partial charge in [-0.25, -0.2) is 18.7 Å². The zero-order chi connectivity index (χ0) is 14.6. The van der Waals surface area contributed by atoms with E-state index in [4.69, 9.17) is 9.84 Å². The molecule has 5 nitrogen and oxygen atoms in total. The molecule has 0 amide bonds. The fourth-order valence-corrected chi connectivity index (χ4v) is 1.44. The number of nitrogens with zero attached hydrogens (tertiary/aromatic N) is 3. The minimum atomic E-state index is -2.93. The summed E-state index contributed by atoms with van der Waals surface area (Å²) in [5.41, 5.74) is 1.72. The lowest BCUT2D eigenvalue weighted by Gasteiger charge is -2.10. The molecule has 0 spiro atoms. The van der Waals surface area contributed by atoms with Gasteiger partial charge in [-0.15, -0.1) is 0 Å². The van der Waals surface area contributed by atoms with E-state index in [9.17, 15) is 8.78 Å². The maximum atomic E-state index is 12.6. The SMILES string of the molecule is CC(F)(F)COc1ncc(-c2cccc(CO)n2)cn1. The Bertz CT molecular complexity index is 571. The van der Waals surface area contributed by atoms with Crippen molar-refractivity contribution in [1.29, 1.82) is 0 Å². The van der Waals surface area contributed by atoms with Gasteiger partial charge >= 0.3 is 6.01 Å². The number of halogens is 2. The van der Waals surface area contributed by atoms with Gasteiger partial charge in [-0.3, -0.25) is 4.98 Å². The molecule has 2 rings (SSSR count). The summed E-state index contributed by atoms with van der Waals surface area (Å²) in [6.45, 7) is -0.183. The molecule has 0 aliphatic carbocycles. The van der Waals surface area contributed by atoms with E-state index in [1.165, 1.54) is 12.4 Å². The van der Waals surface area contributed by atoms with Gasteiger partial charge in [-0.1, -0.05) is 6.07 Å². The van der Waals surface area contributed by atoms with Crippen molar-refractivity contribution in [3.63, 3.8) is 0 Å². The van der Waals surface area contributed by atoms with Crippen molar-refractivity contribution in [1.82, 2.24) is 15.0 Å². The van der Waals surface area contributed by atoms with Crippen LogP contribution < -0.4 is 4.74 Å². The lowest BCUT2D eigenvalue weighted by Crippen LogP contribution is -2.21. The third-order valence-corrected chi connectivity index (χ3v) is 2.35. The highest BCUT2D eigenvalue weighted by atomic mass is 19.3.